The Bertz CT molecular complexity index is 600. The molecule has 4 heteroatoms. The molecule has 1 aromatic rings. The molecule has 0 aliphatic heterocycles. The molecule has 1 fully saturated rings. The fraction of sp³-hybridized carbons (Fsp3) is 0.600. The van der Waals surface area contributed by atoms with Gasteiger partial charge in [0.05, 0.1) is 0 Å². The third-order valence-corrected chi connectivity index (χ3v) is 4.96. The van der Waals surface area contributed by atoms with Crippen LogP contribution in [0.15, 0.2) is 18.2 Å². The summed E-state index contributed by atoms with van der Waals surface area (Å²) in [6.07, 6.45) is 6.81. The molecule has 2 N–H and O–H groups in total. The number of aryl methyl sites for hydroxylation is 2. The van der Waals surface area contributed by atoms with E-state index in [1.807, 2.05) is 32.0 Å². The first kappa shape index (κ1) is 18.5. The van der Waals surface area contributed by atoms with Gasteiger partial charge in [-0.05, 0) is 52.2 Å². The van der Waals surface area contributed by atoms with Crippen molar-refractivity contribution in [2.75, 3.05) is 5.32 Å². The van der Waals surface area contributed by atoms with Crippen LogP contribution in [-0.4, -0.2) is 17.9 Å². The summed E-state index contributed by atoms with van der Waals surface area (Å²) in [7, 11) is 0. The molecule has 0 atom stereocenters. The molecule has 2 rings (SSSR count). The van der Waals surface area contributed by atoms with Crippen molar-refractivity contribution < 1.29 is 9.59 Å². The normalized spacial score (nSPS) is 16.3. The van der Waals surface area contributed by atoms with Gasteiger partial charge >= 0.3 is 0 Å². The van der Waals surface area contributed by atoms with E-state index in [0.29, 0.717) is 0 Å². The van der Waals surface area contributed by atoms with Gasteiger partial charge in [-0.1, -0.05) is 43.4 Å². The highest BCUT2D eigenvalue weighted by Gasteiger charge is 2.37. The number of benzene rings is 1. The zero-order chi connectivity index (χ0) is 17.7. The fourth-order valence-electron chi connectivity index (χ4n) is 3.13. The molecule has 0 radical (unpaired) electrons. The van der Waals surface area contributed by atoms with Crippen LogP contribution >= 0.6 is 0 Å². The van der Waals surface area contributed by atoms with Crippen molar-refractivity contribution >= 4 is 17.5 Å². The van der Waals surface area contributed by atoms with Crippen LogP contribution in [0.3, 0.4) is 0 Å². The van der Waals surface area contributed by atoms with E-state index in [1.165, 1.54) is 12.8 Å². The zero-order valence-corrected chi connectivity index (χ0v) is 15.4. The largest absolute Gasteiger partial charge is 0.352 e. The van der Waals surface area contributed by atoms with E-state index in [4.69, 9.17) is 0 Å². The van der Waals surface area contributed by atoms with E-state index >= 15 is 0 Å². The van der Waals surface area contributed by atoms with Crippen molar-refractivity contribution in [2.24, 2.45) is 5.41 Å². The Balaban J connectivity index is 2.01. The van der Waals surface area contributed by atoms with Crippen molar-refractivity contribution in [1.82, 2.24) is 5.32 Å². The summed E-state index contributed by atoms with van der Waals surface area (Å²) >= 11 is 0. The summed E-state index contributed by atoms with van der Waals surface area (Å²) in [4.78, 5) is 25.3. The first-order chi connectivity index (χ1) is 11.3. The molecule has 0 heterocycles. The van der Waals surface area contributed by atoms with Crippen LogP contribution in [-0.2, 0) is 9.59 Å². The topological polar surface area (TPSA) is 58.2 Å². The third kappa shape index (κ3) is 4.59. The average molecular weight is 330 g/mol. The van der Waals surface area contributed by atoms with Crippen molar-refractivity contribution in [2.45, 2.75) is 72.3 Å². The van der Waals surface area contributed by atoms with Crippen LogP contribution in [0, 0.1) is 19.3 Å². The highest BCUT2D eigenvalue weighted by molar-refractivity contribution is 6.10. The first-order valence-corrected chi connectivity index (χ1v) is 9.00. The molecule has 0 saturated heterocycles. The molecule has 0 bridgehead atoms. The number of carbonyl (C=O) groups excluding carboxylic acids is 2. The van der Waals surface area contributed by atoms with Crippen LogP contribution in [0.1, 0.15) is 63.5 Å². The van der Waals surface area contributed by atoms with Crippen molar-refractivity contribution in [3.05, 3.63) is 29.3 Å². The van der Waals surface area contributed by atoms with Gasteiger partial charge < -0.3 is 10.6 Å². The maximum absolute atomic E-state index is 12.7. The minimum Gasteiger partial charge on any atom is -0.352 e. The van der Waals surface area contributed by atoms with Crippen LogP contribution in [0.4, 0.5) is 5.69 Å². The number of amides is 2. The van der Waals surface area contributed by atoms with Gasteiger partial charge in [-0.2, -0.15) is 0 Å². The quantitative estimate of drug-likeness (QED) is 0.645. The summed E-state index contributed by atoms with van der Waals surface area (Å²) < 4.78 is 0. The van der Waals surface area contributed by atoms with Gasteiger partial charge in [0.1, 0.15) is 5.41 Å². The monoisotopic (exact) mass is 330 g/mol. The second kappa shape index (κ2) is 7.82. The van der Waals surface area contributed by atoms with Gasteiger partial charge in [-0.25, -0.2) is 0 Å². The summed E-state index contributed by atoms with van der Waals surface area (Å²) in [5.74, 6) is -0.447. The minimum absolute atomic E-state index is 0.184. The maximum atomic E-state index is 12.7. The number of rotatable bonds is 4. The molecule has 4 nitrogen and oxygen atoms in total. The molecule has 1 saturated carbocycles. The zero-order valence-electron chi connectivity index (χ0n) is 15.4. The van der Waals surface area contributed by atoms with Crippen LogP contribution in [0.25, 0.3) is 0 Å². The Morgan fingerprint density at radius 3 is 2.21 bits per heavy atom. The van der Waals surface area contributed by atoms with Crippen molar-refractivity contribution in [3.63, 3.8) is 0 Å². The smallest absolute Gasteiger partial charge is 0.239 e. The standard InChI is InChI=1S/C20H30N2O2/c1-14-11-12-17(15(2)13-14)22-19(24)20(3,4)18(23)21-16-9-7-5-6-8-10-16/h11-13,16H,5-10H2,1-4H3,(H,21,23)(H,22,24). The highest BCUT2D eigenvalue weighted by Crippen LogP contribution is 2.24. The Morgan fingerprint density at radius 2 is 1.62 bits per heavy atom. The Kier molecular flexibility index (Phi) is 6.03. The van der Waals surface area contributed by atoms with Gasteiger partial charge in [-0.15, -0.1) is 0 Å². The second-order valence-electron chi connectivity index (χ2n) is 7.56. The van der Waals surface area contributed by atoms with E-state index < -0.39 is 5.41 Å². The molecule has 2 amide bonds. The van der Waals surface area contributed by atoms with Gasteiger partial charge in [-0.3, -0.25) is 9.59 Å². The van der Waals surface area contributed by atoms with E-state index in [9.17, 15) is 9.59 Å². The van der Waals surface area contributed by atoms with E-state index in [-0.39, 0.29) is 17.9 Å². The lowest BCUT2D eigenvalue weighted by molar-refractivity contribution is -0.138. The van der Waals surface area contributed by atoms with Gasteiger partial charge in [0.2, 0.25) is 11.8 Å². The molecule has 132 valence electrons. The predicted octanol–water partition coefficient (Wildman–Crippen LogP) is 4.11. The lowest BCUT2D eigenvalue weighted by Gasteiger charge is -2.26. The Labute approximate surface area is 145 Å². The first-order valence-electron chi connectivity index (χ1n) is 9.00. The van der Waals surface area contributed by atoms with Gasteiger partial charge in [0.25, 0.3) is 0 Å². The van der Waals surface area contributed by atoms with Crippen LogP contribution in [0.5, 0.6) is 0 Å². The van der Waals surface area contributed by atoms with Gasteiger partial charge in [0, 0.05) is 11.7 Å². The molecular formula is C20H30N2O2. The number of carbonyl (C=O) groups is 2. The van der Waals surface area contributed by atoms with Crippen LogP contribution in [0.2, 0.25) is 0 Å². The van der Waals surface area contributed by atoms with Crippen molar-refractivity contribution in [1.29, 1.82) is 0 Å². The van der Waals surface area contributed by atoms with E-state index in [1.54, 1.807) is 13.8 Å². The molecule has 0 aromatic heterocycles. The SMILES string of the molecule is Cc1ccc(NC(=O)C(C)(C)C(=O)NC2CCCCCC2)c(C)c1. The van der Waals surface area contributed by atoms with Crippen molar-refractivity contribution in [3.8, 4) is 0 Å². The lowest BCUT2D eigenvalue weighted by Crippen LogP contribution is -2.48. The molecule has 0 unspecified atom stereocenters. The Hall–Kier alpha value is -1.84. The predicted molar refractivity (Wildman–Crippen MR) is 98.0 cm³/mol. The molecular weight excluding hydrogens is 300 g/mol. The Morgan fingerprint density at radius 1 is 1.00 bits per heavy atom. The number of nitrogens with one attached hydrogen (secondary N) is 2. The lowest BCUT2D eigenvalue weighted by atomic mass is 9.90. The molecule has 0 spiro atoms. The van der Waals surface area contributed by atoms with E-state index in [0.717, 1.165) is 42.5 Å². The highest BCUT2D eigenvalue weighted by atomic mass is 16.2. The van der Waals surface area contributed by atoms with E-state index in [2.05, 4.69) is 10.6 Å². The molecule has 24 heavy (non-hydrogen) atoms. The molecule has 1 aromatic carbocycles. The average Bonchev–Trinajstić information content (AvgIpc) is 2.78. The summed E-state index contributed by atoms with van der Waals surface area (Å²) in [6, 6.07) is 6.07. The van der Waals surface area contributed by atoms with Gasteiger partial charge in [0.15, 0.2) is 0 Å². The minimum atomic E-state index is -1.09. The molecule has 1 aliphatic carbocycles. The number of hydrogen-bond donors (Lipinski definition) is 2. The summed E-state index contributed by atoms with van der Waals surface area (Å²) in [6.45, 7) is 7.36. The van der Waals surface area contributed by atoms with Crippen LogP contribution < -0.4 is 10.6 Å². The third-order valence-electron chi connectivity index (χ3n) is 4.96. The number of anilines is 1. The number of hydrogen-bond acceptors (Lipinski definition) is 2. The second-order valence-corrected chi connectivity index (χ2v) is 7.56. The maximum Gasteiger partial charge on any atom is 0.239 e. The summed E-state index contributed by atoms with van der Waals surface area (Å²) in [5, 5.41) is 6.00. The summed E-state index contributed by atoms with van der Waals surface area (Å²) in [5.41, 5.74) is 1.82. The fourth-order valence-corrected chi connectivity index (χ4v) is 3.13. The molecule has 1 aliphatic rings.